The highest BCUT2D eigenvalue weighted by atomic mass is 32.3. The maximum absolute atomic E-state index is 14.1. The van der Waals surface area contributed by atoms with Crippen molar-refractivity contribution in [2.75, 3.05) is 12.9 Å². The third-order valence-electron chi connectivity index (χ3n) is 5.65. The minimum absolute atomic E-state index is 0.0955. The van der Waals surface area contributed by atoms with Gasteiger partial charge in [0, 0.05) is 44.0 Å². The van der Waals surface area contributed by atoms with Crippen LogP contribution in [0.2, 0.25) is 0 Å². The fraction of sp³-hybridized carbons (Fsp3) is 0.526. The highest BCUT2D eigenvalue weighted by molar-refractivity contribution is 8.23. The van der Waals surface area contributed by atoms with E-state index >= 15 is 0 Å². The largest absolute Gasteiger partial charge is 0.397 e. The van der Waals surface area contributed by atoms with E-state index in [0.29, 0.717) is 23.5 Å². The maximum atomic E-state index is 14.1. The highest BCUT2D eigenvalue weighted by Crippen LogP contribution is 2.45. The summed E-state index contributed by atoms with van der Waals surface area (Å²) >= 11 is 0. The van der Waals surface area contributed by atoms with Crippen LogP contribution in [0.4, 0.5) is 22.0 Å². The Kier molecular flexibility index (Phi) is 6.90. The number of nitrogens with two attached hydrogens (primary N) is 1. The molecule has 1 aromatic heterocycles. The lowest BCUT2D eigenvalue weighted by molar-refractivity contribution is -0.157. The number of benzene rings is 1. The smallest absolute Gasteiger partial charge is 0.395 e. The second-order valence-electron chi connectivity index (χ2n) is 8.01. The van der Waals surface area contributed by atoms with Crippen molar-refractivity contribution in [1.82, 2.24) is 14.5 Å². The molecule has 3 atom stereocenters. The molecule has 180 valence electrons. The molecule has 1 aliphatic heterocycles. The van der Waals surface area contributed by atoms with Crippen molar-refractivity contribution in [3.05, 3.63) is 46.8 Å². The van der Waals surface area contributed by atoms with Crippen LogP contribution in [-0.4, -0.2) is 59.8 Å². The Morgan fingerprint density at radius 3 is 2.41 bits per heavy atom. The molecule has 2 aromatic rings. The summed E-state index contributed by atoms with van der Waals surface area (Å²) < 4.78 is 90.2. The molecule has 32 heavy (non-hydrogen) atoms. The number of halogens is 5. The van der Waals surface area contributed by atoms with E-state index in [2.05, 4.69) is 4.98 Å². The molecule has 1 aliphatic rings. The fourth-order valence-electron chi connectivity index (χ4n) is 4.12. The Labute approximate surface area is 183 Å². The molecule has 2 unspecified atom stereocenters. The minimum Gasteiger partial charge on any atom is -0.395 e. The number of aliphatic hydroxyl groups is 1. The first kappa shape index (κ1) is 24.9. The van der Waals surface area contributed by atoms with Gasteiger partial charge in [0.1, 0.15) is 11.6 Å². The van der Waals surface area contributed by atoms with Gasteiger partial charge in [0.25, 0.3) is 0 Å². The van der Waals surface area contributed by atoms with Crippen LogP contribution in [0, 0.1) is 11.6 Å². The predicted octanol–water partition coefficient (Wildman–Crippen LogP) is 3.18. The van der Waals surface area contributed by atoms with Crippen LogP contribution in [0.3, 0.4) is 0 Å². The average Bonchev–Trinajstić information content (AvgIpc) is 3.21. The number of aromatic nitrogens is 2. The Bertz CT molecular complexity index is 979. The van der Waals surface area contributed by atoms with E-state index in [1.807, 2.05) is 0 Å². The monoisotopic (exact) mass is 484 g/mol. The van der Waals surface area contributed by atoms with Gasteiger partial charge in [-0.15, -0.1) is 10.6 Å². The summed E-state index contributed by atoms with van der Waals surface area (Å²) in [5.41, 5.74) is 6.13. The molecule has 13 heteroatoms. The molecule has 0 radical (unpaired) electrons. The van der Waals surface area contributed by atoms with Gasteiger partial charge in [0.2, 0.25) is 5.16 Å². The van der Waals surface area contributed by atoms with Gasteiger partial charge in [-0.05, 0) is 24.6 Å². The number of hydrogen-bond donors (Lipinski definition) is 4. The predicted molar refractivity (Wildman–Crippen MR) is 108 cm³/mol. The molecular formula is C19H25F5N4O3S. The maximum Gasteiger partial charge on any atom is 0.397 e. The third-order valence-corrected chi connectivity index (χ3v) is 6.71. The molecular weight excluding hydrogens is 459 g/mol. The van der Waals surface area contributed by atoms with Gasteiger partial charge in [-0.3, -0.25) is 14.0 Å². The van der Waals surface area contributed by atoms with Crippen LogP contribution in [0.25, 0.3) is 0 Å². The fourth-order valence-corrected chi connectivity index (χ4v) is 5.04. The molecule has 5 N–H and O–H groups in total. The van der Waals surface area contributed by atoms with E-state index < -0.39 is 58.6 Å². The van der Waals surface area contributed by atoms with Crippen LogP contribution >= 0.6 is 10.6 Å². The quantitative estimate of drug-likeness (QED) is 0.450. The lowest BCUT2D eigenvalue weighted by atomic mass is 9.87. The first-order chi connectivity index (χ1) is 14.7. The first-order valence-corrected chi connectivity index (χ1v) is 11.6. The van der Waals surface area contributed by atoms with Crippen LogP contribution in [0.5, 0.6) is 0 Å². The SMILES string of the molecule is Cn1c(S(C)(O)O)nc2c1CN(C(CO)CC(N)[C@@H](c1cc(F)ccc1F)C(F)(F)F)C2. The number of rotatable bonds is 7. The lowest BCUT2D eigenvalue weighted by Gasteiger charge is -2.33. The standard InChI is InChI=1S/C19H25F5N4O3S/c1-27-16-8-28(7-15(16)26-18(27)32(2,30)31)11(9-29)6-14(25)17(19(22,23)24)12-5-10(20)3-4-13(12)21/h3-5,11,14,17,29-31H,6-9,25H2,1-2H3/t11?,14?,17-/m1/s1. The minimum atomic E-state index is -4.94. The zero-order valence-electron chi connectivity index (χ0n) is 17.4. The zero-order chi connectivity index (χ0) is 24.0. The van der Waals surface area contributed by atoms with E-state index in [-0.39, 0.29) is 24.7 Å². The molecule has 0 saturated heterocycles. The summed E-state index contributed by atoms with van der Waals surface area (Å²) in [7, 11) is -1.47. The number of hydrogen-bond acceptors (Lipinski definition) is 6. The number of alkyl halides is 3. The molecule has 3 rings (SSSR count). The van der Waals surface area contributed by atoms with Gasteiger partial charge in [-0.2, -0.15) is 13.2 Å². The van der Waals surface area contributed by atoms with Crippen molar-refractivity contribution in [3.63, 3.8) is 0 Å². The van der Waals surface area contributed by atoms with Crippen molar-refractivity contribution < 1.29 is 36.2 Å². The van der Waals surface area contributed by atoms with Crippen LogP contribution < -0.4 is 5.73 Å². The first-order valence-electron chi connectivity index (χ1n) is 9.63. The molecule has 0 amide bonds. The van der Waals surface area contributed by atoms with Crippen molar-refractivity contribution in [2.45, 2.75) is 48.8 Å². The van der Waals surface area contributed by atoms with E-state index in [1.54, 1.807) is 11.9 Å². The Balaban J connectivity index is 1.81. The lowest BCUT2D eigenvalue weighted by Crippen LogP contribution is -2.45. The van der Waals surface area contributed by atoms with Gasteiger partial charge in [-0.1, -0.05) is 0 Å². The Morgan fingerprint density at radius 1 is 1.22 bits per heavy atom. The molecule has 0 aliphatic carbocycles. The van der Waals surface area contributed by atoms with Crippen LogP contribution in [0.1, 0.15) is 29.3 Å². The van der Waals surface area contributed by atoms with E-state index in [4.69, 9.17) is 5.73 Å². The van der Waals surface area contributed by atoms with Gasteiger partial charge in [-0.25, -0.2) is 13.8 Å². The Morgan fingerprint density at radius 2 is 1.88 bits per heavy atom. The molecule has 1 aromatic carbocycles. The van der Waals surface area contributed by atoms with E-state index in [9.17, 15) is 36.2 Å². The topological polar surface area (TPSA) is 108 Å². The van der Waals surface area contributed by atoms with Crippen molar-refractivity contribution in [2.24, 2.45) is 12.8 Å². The number of imidazole rings is 1. The van der Waals surface area contributed by atoms with Crippen LogP contribution in [0.15, 0.2) is 23.4 Å². The van der Waals surface area contributed by atoms with Crippen molar-refractivity contribution >= 4 is 10.6 Å². The molecule has 0 bridgehead atoms. The Hall–Kier alpha value is -1.77. The third kappa shape index (κ3) is 4.92. The summed E-state index contributed by atoms with van der Waals surface area (Å²) in [5.74, 6) is -4.69. The number of fused-ring (bicyclic) bond motifs is 1. The normalized spacial score (nSPS) is 18.5. The number of aliphatic hydroxyl groups excluding tert-OH is 1. The zero-order valence-corrected chi connectivity index (χ0v) is 18.2. The number of nitrogens with zero attached hydrogens (tertiary/aromatic N) is 3. The molecule has 0 saturated carbocycles. The summed E-state index contributed by atoms with van der Waals surface area (Å²) in [6.45, 7) is -0.174. The highest BCUT2D eigenvalue weighted by Gasteiger charge is 2.47. The molecule has 7 nitrogen and oxygen atoms in total. The van der Waals surface area contributed by atoms with E-state index in [1.165, 1.54) is 10.8 Å². The molecule has 0 fully saturated rings. The van der Waals surface area contributed by atoms with Crippen LogP contribution in [-0.2, 0) is 20.1 Å². The van der Waals surface area contributed by atoms with Gasteiger partial charge >= 0.3 is 6.18 Å². The van der Waals surface area contributed by atoms with Gasteiger partial charge < -0.3 is 15.4 Å². The molecule has 0 spiro atoms. The average molecular weight is 484 g/mol. The van der Waals surface area contributed by atoms with Crippen molar-refractivity contribution in [3.8, 4) is 0 Å². The molecule has 2 heterocycles. The van der Waals surface area contributed by atoms with Gasteiger partial charge in [0.15, 0.2) is 0 Å². The summed E-state index contributed by atoms with van der Waals surface area (Å²) in [5, 5.41) is 9.94. The second-order valence-corrected chi connectivity index (χ2v) is 10.0. The summed E-state index contributed by atoms with van der Waals surface area (Å²) in [6.07, 6.45) is -4.05. The van der Waals surface area contributed by atoms with E-state index in [0.717, 1.165) is 6.07 Å². The summed E-state index contributed by atoms with van der Waals surface area (Å²) in [4.78, 5) is 5.89. The second kappa shape index (κ2) is 8.88. The van der Waals surface area contributed by atoms with Crippen molar-refractivity contribution in [1.29, 1.82) is 0 Å². The van der Waals surface area contributed by atoms with Gasteiger partial charge in [0.05, 0.1) is 23.9 Å². The summed E-state index contributed by atoms with van der Waals surface area (Å²) in [6, 6.07) is -0.633.